The summed E-state index contributed by atoms with van der Waals surface area (Å²) in [4.78, 5) is 0. The van der Waals surface area contributed by atoms with E-state index in [0.717, 1.165) is 6.07 Å². The zero-order valence-electron chi connectivity index (χ0n) is 8.00. The maximum absolute atomic E-state index is 13.1. The number of methoxy groups -OCH3 is 1. The summed E-state index contributed by atoms with van der Waals surface area (Å²) in [5.74, 6) is -2.44. The molecule has 1 N–H and O–H groups in total. The molecule has 0 aliphatic rings. The van der Waals surface area contributed by atoms with Crippen molar-refractivity contribution in [3.8, 4) is 11.5 Å². The highest BCUT2D eigenvalue weighted by Crippen LogP contribution is 2.38. The standard InChI is InChI=1S/C8H7Cl2FO4S/c1-15-8-4(3-16(10,13)14)7(9)5(11)2-6(8)12/h2,12H,3H2,1H3. The fraction of sp³-hybridized carbons (Fsp3) is 0.250. The molecule has 16 heavy (non-hydrogen) atoms. The number of ether oxygens (including phenoxy) is 1. The van der Waals surface area contributed by atoms with Crippen molar-refractivity contribution in [3.05, 3.63) is 22.5 Å². The van der Waals surface area contributed by atoms with Crippen LogP contribution in [0.4, 0.5) is 4.39 Å². The van der Waals surface area contributed by atoms with Crippen LogP contribution < -0.4 is 4.74 Å². The van der Waals surface area contributed by atoms with Gasteiger partial charge in [0.25, 0.3) is 0 Å². The summed E-state index contributed by atoms with van der Waals surface area (Å²) in [7, 11) is 2.28. The number of benzene rings is 1. The number of phenols is 1. The molecule has 0 amide bonds. The summed E-state index contributed by atoms with van der Waals surface area (Å²) >= 11 is 5.57. The molecule has 0 radical (unpaired) electrons. The first-order valence-electron chi connectivity index (χ1n) is 3.92. The van der Waals surface area contributed by atoms with Crippen molar-refractivity contribution < 1.29 is 22.7 Å². The lowest BCUT2D eigenvalue weighted by molar-refractivity contribution is 0.368. The Balaban J connectivity index is 3.45. The Bertz CT molecular complexity index is 515. The van der Waals surface area contributed by atoms with Crippen LogP contribution in [0.1, 0.15) is 5.56 Å². The van der Waals surface area contributed by atoms with E-state index in [2.05, 4.69) is 0 Å². The third-order valence-electron chi connectivity index (χ3n) is 1.77. The molecule has 0 saturated heterocycles. The Labute approximate surface area is 101 Å². The minimum absolute atomic E-state index is 0.211. The average Bonchev–Trinajstić information content (AvgIpc) is 2.12. The van der Waals surface area contributed by atoms with Crippen molar-refractivity contribution in [1.82, 2.24) is 0 Å². The van der Waals surface area contributed by atoms with Gasteiger partial charge in [-0.15, -0.1) is 0 Å². The van der Waals surface area contributed by atoms with Crippen LogP contribution >= 0.6 is 22.3 Å². The number of hydrogen-bond donors (Lipinski definition) is 1. The van der Waals surface area contributed by atoms with Gasteiger partial charge in [0.15, 0.2) is 11.5 Å². The molecule has 0 heterocycles. The SMILES string of the molecule is COc1c(O)cc(F)c(Cl)c1CS(=O)(=O)Cl. The number of hydrogen-bond acceptors (Lipinski definition) is 4. The maximum atomic E-state index is 13.1. The van der Waals surface area contributed by atoms with E-state index in [4.69, 9.17) is 27.0 Å². The van der Waals surface area contributed by atoms with Crippen LogP contribution in [0.5, 0.6) is 11.5 Å². The van der Waals surface area contributed by atoms with Crippen molar-refractivity contribution in [2.24, 2.45) is 0 Å². The molecule has 4 nitrogen and oxygen atoms in total. The van der Waals surface area contributed by atoms with E-state index < -0.39 is 31.4 Å². The molecule has 0 saturated carbocycles. The minimum atomic E-state index is -3.94. The first-order valence-corrected chi connectivity index (χ1v) is 6.78. The Kier molecular flexibility index (Phi) is 3.88. The number of halogens is 3. The molecule has 0 aliphatic heterocycles. The predicted molar refractivity (Wildman–Crippen MR) is 58.1 cm³/mol. The molecular weight excluding hydrogens is 282 g/mol. The largest absolute Gasteiger partial charge is 0.504 e. The van der Waals surface area contributed by atoms with Gasteiger partial charge in [-0.25, -0.2) is 12.8 Å². The molecule has 1 rings (SSSR count). The van der Waals surface area contributed by atoms with Crippen molar-refractivity contribution >= 4 is 31.3 Å². The average molecular weight is 289 g/mol. The summed E-state index contributed by atoms with van der Waals surface area (Å²) < 4.78 is 39.7. The quantitative estimate of drug-likeness (QED) is 0.867. The minimum Gasteiger partial charge on any atom is -0.504 e. The molecule has 0 spiro atoms. The molecule has 0 unspecified atom stereocenters. The van der Waals surface area contributed by atoms with Crippen molar-refractivity contribution in [1.29, 1.82) is 0 Å². The van der Waals surface area contributed by atoms with Crippen LogP contribution in [-0.4, -0.2) is 20.6 Å². The summed E-state index contributed by atoms with van der Waals surface area (Å²) in [6.45, 7) is 0. The van der Waals surface area contributed by atoms with Crippen LogP contribution in [0, 0.1) is 5.82 Å². The Morgan fingerprint density at radius 3 is 2.56 bits per heavy atom. The maximum Gasteiger partial charge on any atom is 0.236 e. The lowest BCUT2D eigenvalue weighted by Crippen LogP contribution is -2.01. The second-order valence-corrected chi connectivity index (χ2v) is 6.04. The van der Waals surface area contributed by atoms with Gasteiger partial charge in [-0.2, -0.15) is 0 Å². The molecular formula is C8H7Cl2FO4S. The second kappa shape index (κ2) is 4.65. The van der Waals surface area contributed by atoms with Crippen LogP contribution in [0.2, 0.25) is 5.02 Å². The van der Waals surface area contributed by atoms with Crippen molar-refractivity contribution in [3.63, 3.8) is 0 Å². The van der Waals surface area contributed by atoms with E-state index in [9.17, 15) is 17.9 Å². The first-order chi connectivity index (χ1) is 7.26. The first kappa shape index (κ1) is 13.3. The highest BCUT2D eigenvalue weighted by molar-refractivity contribution is 8.13. The van der Waals surface area contributed by atoms with Gasteiger partial charge in [0.2, 0.25) is 9.05 Å². The van der Waals surface area contributed by atoms with Gasteiger partial charge in [0, 0.05) is 22.3 Å². The predicted octanol–water partition coefficient (Wildman–Crippen LogP) is 2.26. The van der Waals surface area contributed by atoms with E-state index >= 15 is 0 Å². The van der Waals surface area contributed by atoms with E-state index in [1.807, 2.05) is 0 Å². The van der Waals surface area contributed by atoms with Gasteiger partial charge < -0.3 is 9.84 Å². The van der Waals surface area contributed by atoms with E-state index in [1.54, 1.807) is 0 Å². The Morgan fingerprint density at radius 2 is 2.12 bits per heavy atom. The molecule has 0 atom stereocenters. The molecule has 1 aromatic rings. The van der Waals surface area contributed by atoms with Crippen molar-refractivity contribution in [2.45, 2.75) is 5.75 Å². The second-order valence-electron chi connectivity index (χ2n) is 2.89. The summed E-state index contributed by atoms with van der Waals surface area (Å²) in [5, 5.41) is 8.89. The van der Waals surface area contributed by atoms with Crippen LogP contribution in [0.25, 0.3) is 0 Å². The molecule has 90 valence electrons. The van der Waals surface area contributed by atoms with E-state index in [1.165, 1.54) is 7.11 Å². The van der Waals surface area contributed by atoms with E-state index in [0.29, 0.717) is 0 Å². The molecule has 8 heteroatoms. The summed E-state index contributed by atoms with van der Waals surface area (Å²) in [6, 6.07) is 0.728. The third kappa shape index (κ3) is 2.90. The monoisotopic (exact) mass is 288 g/mol. The third-order valence-corrected chi connectivity index (χ3v) is 3.14. The lowest BCUT2D eigenvalue weighted by Gasteiger charge is -2.11. The fourth-order valence-electron chi connectivity index (χ4n) is 1.18. The normalized spacial score (nSPS) is 11.5. The topological polar surface area (TPSA) is 63.6 Å². The van der Waals surface area contributed by atoms with Crippen LogP contribution in [-0.2, 0) is 14.8 Å². The smallest absolute Gasteiger partial charge is 0.236 e. The molecule has 0 fully saturated rings. The van der Waals surface area contributed by atoms with Gasteiger partial charge >= 0.3 is 0 Å². The molecule has 0 aliphatic carbocycles. The van der Waals surface area contributed by atoms with Gasteiger partial charge in [-0.05, 0) is 0 Å². The van der Waals surface area contributed by atoms with Gasteiger partial charge in [-0.3, -0.25) is 0 Å². The highest BCUT2D eigenvalue weighted by Gasteiger charge is 2.21. The van der Waals surface area contributed by atoms with Crippen molar-refractivity contribution in [2.75, 3.05) is 7.11 Å². The number of rotatable bonds is 3. The summed E-state index contributed by atoms with van der Waals surface area (Å²) in [5.41, 5.74) is -0.211. The molecule has 0 bridgehead atoms. The molecule has 1 aromatic carbocycles. The number of phenolic OH excluding ortho intramolecular Hbond substituents is 1. The summed E-state index contributed by atoms with van der Waals surface area (Å²) in [6.07, 6.45) is 0. The van der Waals surface area contributed by atoms with Crippen LogP contribution in [0.15, 0.2) is 6.07 Å². The zero-order valence-corrected chi connectivity index (χ0v) is 10.3. The Hall–Kier alpha value is -0.720. The molecule has 0 aromatic heterocycles. The van der Waals surface area contributed by atoms with E-state index in [-0.39, 0.29) is 11.3 Å². The van der Waals surface area contributed by atoms with Gasteiger partial charge in [0.1, 0.15) is 5.82 Å². The van der Waals surface area contributed by atoms with Gasteiger partial charge in [0.05, 0.1) is 17.9 Å². The van der Waals surface area contributed by atoms with Crippen LogP contribution in [0.3, 0.4) is 0 Å². The zero-order chi connectivity index (χ0) is 12.5. The fourth-order valence-corrected chi connectivity index (χ4v) is 2.41. The Morgan fingerprint density at radius 1 is 1.56 bits per heavy atom. The van der Waals surface area contributed by atoms with Gasteiger partial charge in [-0.1, -0.05) is 11.6 Å². The number of aromatic hydroxyl groups is 1. The highest BCUT2D eigenvalue weighted by atomic mass is 35.7. The lowest BCUT2D eigenvalue weighted by atomic mass is 10.2.